The summed E-state index contributed by atoms with van der Waals surface area (Å²) in [6.45, 7) is 0.452. The number of thiophene rings is 1. The van der Waals surface area contributed by atoms with E-state index in [2.05, 4.69) is 10.3 Å². The summed E-state index contributed by atoms with van der Waals surface area (Å²) >= 11 is 13.3. The average Bonchev–Trinajstić information content (AvgIpc) is 2.93. The van der Waals surface area contributed by atoms with Crippen molar-refractivity contribution in [3.63, 3.8) is 0 Å². The van der Waals surface area contributed by atoms with Crippen LogP contribution < -0.4 is 5.32 Å². The van der Waals surface area contributed by atoms with Crippen LogP contribution >= 0.6 is 34.5 Å². The van der Waals surface area contributed by atoms with E-state index in [9.17, 15) is 4.79 Å². The van der Waals surface area contributed by atoms with E-state index >= 15 is 0 Å². The Morgan fingerprint density at radius 1 is 1.50 bits per heavy atom. The molecule has 0 aliphatic carbocycles. The minimum atomic E-state index is 0.0189. The van der Waals surface area contributed by atoms with Crippen molar-refractivity contribution >= 4 is 40.4 Å². The number of nitrogens with one attached hydrogen (secondary N) is 1. The van der Waals surface area contributed by atoms with Crippen LogP contribution in [0.2, 0.25) is 8.67 Å². The van der Waals surface area contributed by atoms with Crippen molar-refractivity contribution in [1.29, 1.82) is 0 Å². The first-order valence-corrected chi connectivity index (χ1v) is 7.80. The lowest BCUT2D eigenvalue weighted by Crippen LogP contribution is -2.24. The van der Waals surface area contributed by atoms with E-state index in [0.29, 0.717) is 21.6 Å². The summed E-state index contributed by atoms with van der Waals surface area (Å²) in [6, 6.07) is 1.86. The summed E-state index contributed by atoms with van der Waals surface area (Å²) in [4.78, 5) is 15.9. The van der Waals surface area contributed by atoms with Crippen LogP contribution in [-0.4, -0.2) is 15.5 Å². The molecule has 0 aliphatic heterocycles. The van der Waals surface area contributed by atoms with Gasteiger partial charge in [0.1, 0.15) is 5.82 Å². The third-order valence-corrected chi connectivity index (χ3v) is 4.51. The van der Waals surface area contributed by atoms with Crippen LogP contribution in [0.15, 0.2) is 18.5 Å². The Morgan fingerprint density at radius 2 is 2.30 bits per heavy atom. The Labute approximate surface area is 131 Å². The van der Waals surface area contributed by atoms with Gasteiger partial charge < -0.3 is 9.88 Å². The number of hydrogen-bond acceptors (Lipinski definition) is 3. The largest absolute Gasteiger partial charge is 0.349 e. The second kappa shape index (κ2) is 7.11. The summed E-state index contributed by atoms with van der Waals surface area (Å²) in [5, 5.41) is 2.85. The maximum absolute atomic E-state index is 11.7. The molecular formula is C13H15Cl2N3OS. The molecule has 0 saturated heterocycles. The number of carbonyl (C=O) groups is 1. The Kier molecular flexibility index (Phi) is 5.46. The van der Waals surface area contributed by atoms with Gasteiger partial charge in [-0.05, 0) is 24.5 Å². The smallest absolute Gasteiger partial charge is 0.220 e. The molecule has 0 atom stereocenters. The standard InChI is InChI=1S/C13H15Cl2N3OS/c1-18-6-5-16-11(18)8-17-12(19)4-2-3-9-7-10(14)20-13(9)15/h5-7H,2-4,8H2,1H3,(H,17,19). The molecule has 0 aromatic carbocycles. The molecule has 108 valence electrons. The molecule has 2 aromatic heterocycles. The van der Waals surface area contributed by atoms with Crippen molar-refractivity contribution in [3.8, 4) is 0 Å². The van der Waals surface area contributed by atoms with Crippen LogP contribution in [0.3, 0.4) is 0 Å². The highest BCUT2D eigenvalue weighted by atomic mass is 35.5. The maximum atomic E-state index is 11.7. The van der Waals surface area contributed by atoms with Crippen LogP contribution in [0.5, 0.6) is 0 Å². The molecule has 4 nitrogen and oxygen atoms in total. The third kappa shape index (κ3) is 4.23. The van der Waals surface area contributed by atoms with E-state index in [4.69, 9.17) is 23.2 Å². The number of aryl methyl sites for hydroxylation is 2. The molecule has 7 heteroatoms. The molecule has 2 heterocycles. The fraction of sp³-hybridized carbons (Fsp3) is 0.385. The second-order valence-corrected chi connectivity index (χ2v) is 6.72. The molecule has 1 N–H and O–H groups in total. The molecular weight excluding hydrogens is 317 g/mol. The molecule has 0 fully saturated rings. The minimum Gasteiger partial charge on any atom is -0.349 e. The SMILES string of the molecule is Cn1ccnc1CNC(=O)CCCc1cc(Cl)sc1Cl. The zero-order valence-corrected chi connectivity index (χ0v) is 13.4. The van der Waals surface area contributed by atoms with Gasteiger partial charge in [0, 0.05) is 25.9 Å². The number of nitrogens with zero attached hydrogens (tertiary/aromatic N) is 2. The normalized spacial score (nSPS) is 10.8. The first kappa shape index (κ1) is 15.4. The minimum absolute atomic E-state index is 0.0189. The fourth-order valence-electron chi connectivity index (χ4n) is 1.82. The topological polar surface area (TPSA) is 46.9 Å². The number of rotatable bonds is 6. The van der Waals surface area contributed by atoms with Crippen molar-refractivity contribution in [3.05, 3.63) is 38.5 Å². The van der Waals surface area contributed by atoms with Crippen molar-refractivity contribution in [2.75, 3.05) is 0 Å². The predicted octanol–water partition coefficient (Wildman–Crippen LogP) is 3.43. The number of amides is 1. The number of hydrogen-bond donors (Lipinski definition) is 1. The summed E-state index contributed by atoms with van der Waals surface area (Å²) in [5.74, 6) is 0.858. The fourth-order valence-corrected chi connectivity index (χ4v) is 3.36. The molecule has 20 heavy (non-hydrogen) atoms. The zero-order chi connectivity index (χ0) is 14.5. The summed E-state index contributed by atoms with van der Waals surface area (Å²) < 4.78 is 3.28. The van der Waals surface area contributed by atoms with E-state index in [-0.39, 0.29) is 5.91 Å². The highest BCUT2D eigenvalue weighted by molar-refractivity contribution is 7.20. The van der Waals surface area contributed by atoms with Crippen molar-refractivity contribution in [1.82, 2.24) is 14.9 Å². The maximum Gasteiger partial charge on any atom is 0.220 e. The Hall–Kier alpha value is -1.04. The lowest BCUT2D eigenvalue weighted by Gasteiger charge is -2.05. The predicted molar refractivity (Wildman–Crippen MR) is 82.3 cm³/mol. The Morgan fingerprint density at radius 3 is 2.90 bits per heavy atom. The molecule has 0 saturated carbocycles. The molecule has 0 radical (unpaired) electrons. The molecule has 2 rings (SSSR count). The molecule has 0 spiro atoms. The lowest BCUT2D eigenvalue weighted by atomic mass is 10.1. The lowest BCUT2D eigenvalue weighted by molar-refractivity contribution is -0.121. The van der Waals surface area contributed by atoms with Gasteiger partial charge in [0.25, 0.3) is 0 Å². The van der Waals surface area contributed by atoms with Gasteiger partial charge in [0.2, 0.25) is 5.91 Å². The number of aromatic nitrogens is 2. The monoisotopic (exact) mass is 331 g/mol. The van der Waals surface area contributed by atoms with Crippen LogP contribution in [0.25, 0.3) is 0 Å². The number of halogens is 2. The van der Waals surface area contributed by atoms with Crippen molar-refractivity contribution in [2.45, 2.75) is 25.8 Å². The van der Waals surface area contributed by atoms with Gasteiger partial charge in [0.05, 0.1) is 15.2 Å². The molecule has 2 aromatic rings. The highest BCUT2D eigenvalue weighted by Gasteiger charge is 2.08. The molecule has 1 amide bonds. The van der Waals surface area contributed by atoms with E-state index in [1.807, 2.05) is 23.9 Å². The second-order valence-electron chi connectivity index (χ2n) is 4.43. The van der Waals surface area contributed by atoms with E-state index in [1.165, 1.54) is 11.3 Å². The van der Waals surface area contributed by atoms with E-state index < -0.39 is 0 Å². The Balaban J connectivity index is 1.70. The van der Waals surface area contributed by atoms with Gasteiger partial charge in [-0.2, -0.15) is 0 Å². The first-order valence-electron chi connectivity index (χ1n) is 6.23. The van der Waals surface area contributed by atoms with Crippen molar-refractivity contribution < 1.29 is 4.79 Å². The van der Waals surface area contributed by atoms with Gasteiger partial charge in [-0.1, -0.05) is 23.2 Å². The van der Waals surface area contributed by atoms with Crippen LogP contribution in [0, 0.1) is 0 Å². The molecule has 0 unspecified atom stereocenters. The summed E-state index contributed by atoms with van der Waals surface area (Å²) in [7, 11) is 1.90. The average molecular weight is 332 g/mol. The van der Waals surface area contributed by atoms with Gasteiger partial charge in [-0.3, -0.25) is 4.79 Å². The quantitative estimate of drug-likeness (QED) is 0.881. The van der Waals surface area contributed by atoms with Crippen LogP contribution in [0.4, 0.5) is 0 Å². The van der Waals surface area contributed by atoms with Crippen LogP contribution in [0.1, 0.15) is 24.2 Å². The van der Waals surface area contributed by atoms with Crippen LogP contribution in [-0.2, 0) is 24.8 Å². The molecule has 0 bridgehead atoms. The number of carbonyl (C=O) groups excluding carboxylic acids is 1. The molecule has 0 aliphatic rings. The van der Waals surface area contributed by atoms with Gasteiger partial charge in [-0.25, -0.2) is 4.98 Å². The first-order chi connectivity index (χ1) is 9.56. The van der Waals surface area contributed by atoms with E-state index in [1.54, 1.807) is 6.20 Å². The highest BCUT2D eigenvalue weighted by Crippen LogP contribution is 2.31. The Bertz CT molecular complexity index is 594. The third-order valence-electron chi connectivity index (χ3n) is 2.94. The summed E-state index contributed by atoms with van der Waals surface area (Å²) in [5.41, 5.74) is 1.01. The van der Waals surface area contributed by atoms with Gasteiger partial charge in [0.15, 0.2) is 0 Å². The zero-order valence-electron chi connectivity index (χ0n) is 11.0. The van der Waals surface area contributed by atoms with Crippen molar-refractivity contribution in [2.24, 2.45) is 7.05 Å². The number of imidazole rings is 1. The van der Waals surface area contributed by atoms with Gasteiger partial charge >= 0.3 is 0 Å². The van der Waals surface area contributed by atoms with E-state index in [0.717, 1.165) is 24.2 Å². The summed E-state index contributed by atoms with van der Waals surface area (Å²) in [6.07, 6.45) is 5.54. The van der Waals surface area contributed by atoms with Gasteiger partial charge in [-0.15, -0.1) is 11.3 Å².